The molecule has 2 aliphatic rings. The number of ether oxygens (including phenoxy) is 2. The molecule has 0 aromatic heterocycles. The van der Waals surface area contributed by atoms with Gasteiger partial charge in [0.2, 0.25) is 0 Å². The van der Waals surface area contributed by atoms with Gasteiger partial charge in [0, 0.05) is 24.4 Å². The summed E-state index contributed by atoms with van der Waals surface area (Å²) in [6.07, 6.45) is 2.13. The second-order valence-electron chi connectivity index (χ2n) is 4.54. The van der Waals surface area contributed by atoms with Crippen molar-refractivity contribution in [1.29, 1.82) is 0 Å². The molecule has 0 saturated carbocycles. The van der Waals surface area contributed by atoms with Crippen molar-refractivity contribution in [2.45, 2.75) is 18.8 Å². The molecule has 3 rings (SSSR count). The minimum absolute atomic E-state index is 0.554. The van der Waals surface area contributed by atoms with E-state index >= 15 is 0 Å². The maximum absolute atomic E-state index is 5.89. The SMILES string of the molecule is Brc1ccc(C2CCNC2)c2c1OCCCO2. The largest absolute Gasteiger partial charge is 0.489 e. The van der Waals surface area contributed by atoms with E-state index in [0.717, 1.165) is 48.7 Å². The minimum Gasteiger partial charge on any atom is -0.489 e. The van der Waals surface area contributed by atoms with E-state index in [9.17, 15) is 0 Å². The molecular formula is C13H16BrNO2. The van der Waals surface area contributed by atoms with Gasteiger partial charge in [-0.2, -0.15) is 0 Å². The Balaban J connectivity index is 2.03. The summed E-state index contributed by atoms with van der Waals surface area (Å²) in [6, 6.07) is 4.23. The molecular weight excluding hydrogens is 282 g/mol. The van der Waals surface area contributed by atoms with Gasteiger partial charge in [-0.25, -0.2) is 0 Å². The van der Waals surface area contributed by atoms with Crippen LogP contribution >= 0.6 is 15.9 Å². The first kappa shape index (κ1) is 11.4. The molecule has 0 bridgehead atoms. The van der Waals surface area contributed by atoms with Crippen molar-refractivity contribution in [1.82, 2.24) is 5.32 Å². The first-order valence-electron chi connectivity index (χ1n) is 6.15. The van der Waals surface area contributed by atoms with Gasteiger partial charge in [-0.05, 0) is 35.0 Å². The number of nitrogens with one attached hydrogen (secondary N) is 1. The third-order valence-corrected chi connectivity index (χ3v) is 4.00. The van der Waals surface area contributed by atoms with Crippen LogP contribution in [0.1, 0.15) is 24.3 Å². The van der Waals surface area contributed by atoms with E-state index in [-0.39, 0.29) is 0 Å². The van der Waals surface area contributed by atoms with Crippen molar-refractivity contribution in [2.24, 2.45) is 0 Å². The average molecular weight is 298 g/mol. The van der Waals surface area contributed by atoms with Crippen LogP contribution < -0.4 is 14.8 Å². The maximum Gasteiger partial charge on any atom is 0.175 e. The third kappa shape index (κ3) is 2.16. The molecule has 2 heterocycles. The Bertz CT molecular complexity index is 416. The summed E-state index contributed by atoms with van der Waals surface area (Å²) in [7, 11) is 0. The van der Waals surface area contributed by atoms with E-state index in [2.05, 4.69) is 33.4 Å². The van der Waals surface area contributed by atoms with Crippen molar-refractivity contribution >= 4 is 15.9 Å². The molecule has 17 heavy (non-hydrogen) atoms. The van der Waals surface area contributed by atoms with Gasteiger partial charge in [0.15, 0.2) is 11.5 Å². The van der Waals surface area contributed by atoms with Crippen molar-refractivity contribution in [3.63, 3.8) is 0 Å². The highest BCUT2D eigenvalue weighted by atomic mass is 79.9. The van der Waals surface area contributed by atoms with E-state index in [1.54, 1.807) is 0 Å². The van der Waals surface area contributed by atoms with E-state index in [1.807, 2.05) is 0 Å². The summed E-state index contributed by atoms with van der Waals surface area (Å²) < 4.78 is 12.7. The Kier molecular flexibility index (Phi) is 3.25. The zero-order chi connectivity index (χ0) is 11.7. The predicted octanol–water partition coefficient (Wildman–Crippen LogP) is 2.69. The van der Waals surface area contributed by atoms with E-state index in [1.165, 1.54) is 12.0 Å². The Hall–Kier alpha value is -0.740. The highest BCUT2D eigenvalue weighted by molar-refractivity contribution is 9.10. The Labute approximate surface area is 110 Å². The first-order valence-corrected chi connectivity index (χ1v) is 6.94. The number of hydrogen-bond acceptors (Lipinski definition) is 3. The lowest BCUT2D eigenvalue weighted by Crippen LogP contribution is -2.09. The summed E-state index contributed by atoms with van der Waals surface area (Å²) >= 11 is 3.54. The van der Waals surface area contributed by atoms with Crippen molar-refractivity contribution in [3.8, 4) is 11.5 Å². The maximum atomic E-state index is 5.89. The summed E-state index contributed by atoms with van der Waals surface area (Å²) in [5.41, 5.74) is 1.29. The van der Waals surface area contributed by atoms with E-state index in [0.29, 0.717) is 5.92 Å². The fourth-order valence-electron chi connectivity index (χ4n) is 2.49. The molecule has 1 fully saturated rings. The molecule has 0 amide bonds. The van der Waals surface area contributed by atoms with Gasteiger partial charge in [-0.15, -0.1) is 0 Å². The van der Waals surface area contributed by atoms with Crippen LogP contribution in [0.2, 0.25) is 0 Å². The van der Waals surface area contributed by atoms with Gasteiger partial charge in [0.25, 0.3) is 0 Å². The molecule has 1 unspecified atom stereocenters. The van der Waals surface area contributed by atoms with Crippen molar-refractivity contribution in [2.75, 3.05) is 26.3 Å². The molecule has 0 spiro atoms. The highest BCUT2D eigenvalue weighted by Crippen LogP contribution is 2.43. The van der Waals surface area contributed by atoms with Crippen LogP contribution in [-0.2, 0) is 0 Å². The summed E-state index contributed by atoms with van der Waals surface area (Å²) in [5, 5.41) is 3.40. The molecule has 1 saturated heterocycles. The summed E-state index contributed by atoms with van der Waals surface area (Å²) in [6.45, 7) is 3.61. The quantitative estimate of drug-likeness (QED) is 0.864. The molecule has 0 aliphatic carbocycles. The second kappa shape index (κ2) is 4.86. The number of benzene rings is 1. The van der Waals surface area contributed by atoms with Crippen LogP contribution in [0.3, 0.4) is 0 Å². The predicted molar refractivity (Wildman–Crippen MR) is 70.0 cm³/mol. The van der Waals surface area contributed by atoms with E-state index < -0.39 is 0 Å². The zero-order valence-electron chi connectivity index (χ0n) is 9.67. The van der Waals surface area contributed by atoms with Gasteiger partial charge in [0.05, 0.1) is 17.7 Å². The standard InChI is InChI=1S/C13H16BrNO2/c14-11-3-2-10(9-4-5-15-8-9)12-13(11)17-7-1-6-16-12/h2-3,9,15H,1,4-8H2. The fraction of sp³-hybridized carbons (Fsp3) is 0.538. The van der Waals surface area contributed by atoms with Crippen molar-refractivity contribution < 1.29 is 9.47 Å². The Morgan fingerprint density at radius 2 is 2.00 bits per heavy atom. The van der Waals surface area contributed by atoms with Crippen LogP contribution in [0.5, 0.6) is 11.5 Å². The van der Waals surface area contributed by atoms with Gasteiger partial charge in [0.1, 0.15) is 0 Å². The van der Waals surface area contributed by atoms with Gasteiger partial charge < -0.3 is 14.8 Å². The topological polar surface area (TPSA) is 30.5 Å². The molecule has 1 atom stereocenters. The minimum atomic E-state index is 0.554. The monoisotopic (exact) mass is 297 g/mol. The molecule has 1 aromatic carbocycles. The number of halogens is 1. The molecule has 1 N–H and O–H groups in total. The lowest BCUT2D eigenvalue weighted by atomic mass is 9.97. The van der Waals surface area contributed by atoms with Gasteiger partial charge in [-0.1, -0.05) is 6.07 Å². The van der Waals surface area contributed by atoms with Crippen LogP contribution in [0, 0.1) is 0 Å². The Morgan fingerprint density at radius 1 is 1.18 bits per heavy atom. The van der Waals surface area contributed by atoms with Gasteiger partial charge >= 0.3 is 0 Å². The van der Waals surface area contributed by atoms with Gasteiger partial charge in [-0.3, -0.25) is 0 Å². The molecule has 92 valence electrons. The highest BCUT2D eigenvalue weighted by Gasteiger charge is 2.25. The molecule has 1 aromatic rings. The lowest BCUT2D eigenvalue weighted by Gasteiger charge is -2.17. The third-order valence-electron chi connectivity index (χ3n) is 3.38. The van der Waals surface area contributed by atoms with Crippen LogP contribution in [0.25, 0.3) is 0 Å². The first-order chi connectivity index (χ1) is 8.36. The normalized spacial score (nSPS) is 23.5. The molecule has 0 radical (unpaired) electrons. The van der Waals surface area contributed by atoms with Crippen LogP contribution in [-0.4, -0.2) is 26.3 Å². The van der Waals surface area contributed by atoms with Crippen LogP contribution in [0.15, 0.2) is 16.6 Å². The fourth-order valence-corrected chi connectivity index (χ4v) is 2.91. The van der Waals surface area contributed by atoms with Crippen molar-refractivity contribution in [3.05, 3.63) is 22.2 Å². The second-order valence-corrected chi connectivity index (χ2v) is 5.39. The number of hydrogen-bond donors (Lipinski definition) is 1. The number of fused-ring (bicyclic) bond motifs is 1. The van der Waals surface area contributed by atoms with E-state index in [4.69, 9.17) is 9.47 Å². The molecule has 3 nitrogen and oxygen atoms in total. The average Bonchev–Trinajstić information content (AvgIpc) is 2.74. The summed E-state index contributed by atoms with van der Waals surface area (Å²) in [5.74, 6) is 2.39. The van der Waals surface area contributed by atoms with Crippen LogP contribution in [0.4, 0.5) is 0 Å². The molecule has 2 aliphatic heterocycles. The Morgan fingerprint density at radius 3 is 2.76 bits per heavy atom. The number of rotatable bonds is 1. The zero-order valence-corrected chi connectivity index (χ0v) is 11.3. The smallest absolute Gasteiger partial charge is 0.175 e. The summed E-state index contributed by atoms with van der Waals surface area (Å²) in [4.78, 5) is 0. The molecule has 4 heteroatoms. The lowest BCUT2D eigenvalue weighted by molar-refractivity contribution is 0.295.